The number of hydrogen-bond acceptors (Lipinski definition) is 4. The Kier molecular flexibility index (Phi) is 2.14. The zero-order chi connectivity index (χ0) is 8.93. The lowest BCUT2D eigenvalue weighted by atomic mass is 10.3. The van der Waals surface area contributed by atoms with Gasteiger partial charge in [-0.05, 0) is 12.1 Å². The summed E-state index contributed by atoms with van der Waals surface area (Å²) in [6.07, 6.45) is 2.98. The molecule has 1 aromatic heterocycles. The minimum Gasteiger partial charge on any atom is -0.430 e. The Bertz CT molecular complexity index is 381. The van der Waals surface area contributed by atoms with E-state index in [-0.39, 0.29) is 6.01 Å². The second-order valence-electron chi connectivity index (χ2n) is 2.35. The average molecular weight is 173 g/mol. The molecule has 0 amide bonds. The highest BCUT2D eigenvalue weighted by Gasteiger charge is 1.91. The first-order valence-electron chi connectivity index (χ1n) is 3.81. The smallest absolute Gasteiger partial charge is 0.340 e. The van der Waals surface area contributed by atoms with Crippen molar-refractivity contribution in [2.75, 3.05) is 0 Å². The third-order valence-corrected chi connectivity index (χ3v) is 1.43. The molecule has 0 aliphatic rings. The van der Waals surface area contributed by atoms with E-state index in [2.05, 4.69) is 15.2 Å². The predicted molar refractivity (Wildman–Crippen MR) is 47.1 cm³/mol. The highest BCUT2D eigenvalue weighted by Crippen LogP contribution is 2.14. The van der Waals surface area contributed by atoms with Crippen LogP contribution in [-0.4, -0.2) is 4.98 Å². The molecule has 0 spiro atoms. The van der Waals surface area contributed by atoms with E-state index >= 15 is 0 Å². The molecule has 2 rings (SSSR count). The Balaban J connectivity index is 2.15. The van der Waals surface area contributed by atoms with Crippen LogP contribution >= 0.6 is 0 Å². The van der Waals surface area contributed by atoms with Gasteiger partial charge in [-0.3, -0.25) is 0 Å². The molecule has 1 aromatic carbocycles. The minimum absolute atomic E-state index is 0.267. The molecule has 4 nitrogen and oxygen atoms in total. The first-order valence-corrected chi connectivity index (χ1v) is 3.81. The fourth-order valence-electron chi connectivity index (χ4n) is 0.860. The Labute approximate surface area is 74.9 Å². The summed E-state index contributed by atoms with van der Waals surface area (Å²) in [5, 5.41) is 7.70. The van der Waals surface area contributed by atoms with E-state index < -0.39 is 0 Å². The van der Waals surface area contributed by atoms with Crippen molar-refractivity contribution in [1.29, 1.82) is 0 Å². The normalized spacial score (nSPS) is 10.8. The molecular formula is C9H7N3O. The van der Waals surface area contributed by atoms with E-state index in [9.17, 15) is 0 Å². The van der Waals surface area contributed by atoms with Crippen LogP contribution < -0.4 is 0 Å². The van der Waals surface area contributed by atoms with Crippen LogP contribution in [-0.2, 0) is 0 Å². The van der Waals surface area contributed by atoms with Crippen LogP contribution in [0.2, 0.25) is 0 Å². The van der Waals surface area contributed by atoms with E-state index in [1.54, 1.807) is 0 Å². The lowest BCUT2D eigenvalue weighted by molar-refractivity contribution is 0.564. The van der Waals surface area contributed by atoms with Gasteiger partial charge in [0.15, 0.2) is 0 Å². The lowest BCUT2D eigenvalue weighted by Gasteiger charge is -1.86. The monoisotopic (exact) mass is 173 g/mol. The van der Waals surface area contributed by atoms with Crippen molar-refractivity contribution >= 4 is 11.7 Å². The van der Waals surface area contributed by atoms with Gasteiger partial charge >= 0.3 is 6.01 Å². The Morgan fingerprint density at radius 2 is 1.92 bits per heavy atom. The molecule has 4 heteroatoms. The standard InChI is InChI=1S/C9H7N3O/c1-2-4-8(5-3-1)11-12-9-10-6-7-13-9/h1-7H/b12-11+. The summed E-state index contributed by atoms with van der Waals surface area (Å²) in [6, 6.07) is 9.68. The molecule has 0 radical (unpaired) electrons. The molecule has 0 aliphatic carbocycles. The highest BCUT2D eigenvalue weighted by atomic mass is 16.4. The fraction of sp³-hybridized carbons (Fsp3) is 0. The SMILES string of the molecule is c1ccc(/N=N/c2ncco2)cc1. The van der Waals surface area contributed by atoms with E-state index in [0.717, 1.165) is 5.69 Å². The number of benzene rings is 1. The topological polar surface area (TPSA) is 50.8 Å². The molecule has 0 atom stereocenters. The molecule has 64 valence electrons. The summed E-state index contributed by atoms with van der Waals surface area (Å²) in [6.45, 7) is 0. The Hall–Kier alpha value is -1.97. The zero-order valence-electron chi connectivity index (χ0n) is 6.79. The van der Waals surface area contributed by atoms with Gasteiger partial charge in [0.05, 0.1) is 11.9 Å². The number of aromatic nitrogens is 1. The molecule has 0 aliphatic heterocycles. The second-order valence-corrected chi connectivity index (χ2v) is 2.35. The summed E-state index contributed by atoms with van der Waals surface area (Å²) < 4.78 is 4.88. The quantitative estimate of drug-likeness (QED) is 0.655. The Morgan fingerprint density at radius 1 is 1.08 bits per heavy atom. The maximum absolute atomic E-state index is 4.88. The maximum atomic E-state index is 4.88. The van der Waals surface area contributed by atoms with Gasteiger partial charge < -0.3 is 4.42 Å². The molecular weight excluding hydrogens is 166 g/mol. The van der Waals surface area contributed by atoms with Gasteiger partial charge in [-0.2, -0.15) is 4.98 Å². The Morgan fingerprint density at radius 3 is 2.62 bits per heavy atom. The molecule has 0 fully saturated rings. The van der Waals surface area contributed by atoms with Crippen molar-refractivity contribution in [2.45, 2.75) is 0 Å². The van der Waals surface area contributed by atoms with Crippen molar-refractivity contribution < 1.29 is 4.42 Å². The maximum Gasteiger partial charge on any atom is 0.340 e. The van der Waals surface area contributed by atoms with Crippen LogP contribution in [0.1, 0.15) is 0 Å². The minimum atomic E-state index is 0.267. The molecule has 0 unspecified atom stereocenters. The van der Waals surface area contributed by atoms with Crippen LogP contribution in [0.5, 0.6) is 0 Å². The van der Waals surface area contributed by atoms with Crippen LogP contribution in [0.3, 0.4) is 0 Å². The summed E-state index contributed by atoms with van der Waals surface area (Å²) >= 11 is 0. The van der Waals surface area contributed by atoms with E-state index in [0.29, 0.717) is 0 Å². The van der Waals surface area contributed by atoms with E-state index in [1.807, 2.05) is 30.3 Å². The van der Waals surface area contributed by atoms with Gasteiger partial charge in [-0.1, -0.05) is 23.3 Å². The number of azo groups is 1. The van der Waals surface area contributed by atoms with E-state index in [4.69, 9.17) is 4.42 Å². The highest BCUT2D eigenvalue weighted by molar-refractivity contribution is 5.35. The van der Waals surface area contributed by atoms with Crippen LogP contribution in [0.25, 0.3) is 0 Å². The first-order chi connectivity index (χ1) is 6.45. The van der Waals surface area contributed by atoms with Gasteiger partial charge in [0.1, 0.15) is 6.26 Å². The first kappa shape index (κ1) is 7.67. The van der Waals surface area contributed by atoms with Gasteiger partial charge in [-0.15, -0.1) is 5.11 Å². The van der Waals surface area contributed by atoms with Gasteiger partial charge in [0, 0.05) is 0 Å². The van der Waals surface area contributed by atoms with Crippen molar-refractivity contribution in [1.82, 2.24) is 4.98 Å². The van der Waals surface area contributed by atoms with Gasteiger partial charge in [0.25, 0.3) is 0 Å². The van der Waals surface area contributed by atoms with Crippen molar-refractivity contribution in [3.63, 3.8) is 0 Å². The van der Waals surface area contributed by atoms with Crippen LogP contribution in [0.4, 0.5) is 11.7 Å². The fourth-order valence-corrected chi connectivity index (χ4v) is 0.860. The predicted octanol–water partition coefficient (Wildman–Crippen LogP) is 3.09. The van der Waals surface area contributed by atoms with Crippen LogP contribution in [0.15, 0.2) is 57.4 Å². The molecule has 0 saturated carbocycles. The van der Waals surface area contributed by atoms with Gasteiger partial charge in [0.2, 0.25) is 0 Å². The zero-order valence-corrected chi connectivity index (χ0v) is 6.79. The van der Waals surface area contributed by atoms with Crippen molar-refractivity contribution in [2.24, 2.45) is 10.2 Å². The van der Waals surface area contributed by atoms with Crippen LogP contribution in [0, 0.1) is 0 Å². The molecule has 1 heterocycles. The molecule has 13 heavy (non-hydrogen) atoms. The average Bonchev–Trinajstić information content (AvgIpc) is 2.69. The van der Waals surface area contributed by atoms with E-state index in [1.165, 1.54) is 12.5 Å². The summed E-state index contributed by atoms with van der Waals surface area (Å²) in [4.78, 5) is 3.80. The summed E-state index contributed by atoms with van der Waals surface area (Å²) in [5.41, 5.74) is 0.778. The lowest BCUT2D eigenvalue weighted by Crippen LogP contribution is -1.61. The number of rotatable bonds is 2. The summed E-state index contributed by atoms with van der Waals surface area (Å²) in [5.74, 6) is 0. The van der Waals surface area contributed by atoms with Crippen molar-refractivity contribution in [3.8, 4) is 0 Å². The molecule has 0 bridgehead atoms. The molecule has 0 N–H and O–H groups in total. The third kappa shape index (κ3) is 1.99. The number of hydrogen-bond donors (Lipinski definition) is 0. The van der Waals surface area contributed by atoms with Crippen molar-refractivity contribution in [3.05, 3.63) is 42.8 Å². The number of oxazole rings is 1. The van der Waals surface area contributed by atoms with Gasteiger partial charge in [-0.25, -0.2) is 0 Å². The molecule has 2 aromatic rings. The molecule has 0 saturated heterocycles. The second kappa shape index (κ2) is 3.62. The number of nitrogens with zero attached hydrogens (tertiary/aromatic N) is 3. The third-order valence-electron chi connectivity index (χ3n) is 1.43. The largest absolute Gasteiger partial charge is 0.430 e. The summed E-state index contributed by atoms with van der Waals surface area (Å²) in [7, 11) is 0.